The summed E-state index contributed by atoms with van der Waals surface area (Å²) in [5.74, 6) is -3.13. The summed E-state index contributed by atoms with van der Waals surface area (Å²) in [5.41, 5.74) is 0. The third kappa shape index (κ3) is 44.7. The van der Waals surface area contributed by atoms with Crippen molar-refractivity contribution in [1.29, 1.82) is 0 Å². The Morgan fingerprint density at radius 3 is 1.23 bits per heavy atom. The number of aliphatic carboxylic acids is 1. The lowest BCUT2D eigenvalue weighted by atomic mass is 9.98. The lowest BCUT2D eigenvalue weighted by Gasteiger charge is -2.40. The van der Waals surface area contributed by atoms with Gasteiger partial charge in [0.2, 0.25) is 0 Å². The number of aliphatic hydroxyl groups is 2. The van der Waals surface area contributed by atoms with E-state index in [0.29, 0.717) is 19.3 Å². The topological polar surface area (TPSA) is 175 Å². The van der Waals surface area contributed by atoms with E-state index in [1.165, 1.54) is 109 Å². The first-order chi connectivity index (χ1) is 38.6. The predicted molar refractivity (Wildman–Crippen MR) is 322 cm³/mol. The van der Waals surface area contributed by atoms with E-state index in [-0.39, 0.29) is 25.9 Å². The number of carbonyl (C=O) groups excluding carboxylic acids is 3. The number of esters is 3. The molecule has 1 aliphatic rings. The van der Waals surface area contributed by atoms with Crippen molar-refractivity contribution < 1.29 is 58.2 Å². The maximum Gasteiger partial charge on any atom is 0.335 e. The molecular formula is C67H116O12. The Bertz CT molecular complexity index is 1600. The molecular weight excluding hydrogens is 997 g/mol. The number of unbranched alkanes of at least 4 members (excludes halogenated alkanes) is 31. The molecule has 0 radical (unpaired) electrons. The number of carbonyl (C=O) groups is 4. The van der Waals surface area contributed by atoms with Crippen molar-refractivity contribution in [3.8, 4) is 0 Å². The van der Waals surface area contributed by atoms with E-state index in [1.54, 1.807) is 0 Å². The van der Waals surface area contributed by atoms with Crippen molar-refractivity contribution >= 4 is 23.9 Å². The zero-order valence-electron chi connectivity index (χ0n) is 50.4. The molecule has 0 saturated carbocycles. The van der Waals surface area contributed by atoms with Crippen LogP contribution in [0.1, 0.15) is 290 Å². The van der Waals surface area contributed by atoms with E-state index < -0.39 is 67.3 Å². The van der Waals surface area contributed by atoms with Crippen LogP contribution >= 0.6 is 0 Å². The summed E-state index contributed by atoms with van der Waals surface area (Å²) >= 11 is 0. The number of hydrogen-bond acceptors (Lipinski definition) is 11. The van der Waals surface area contributed by atoms with Crippen LogP contribution in [0.25, 0.3) is 0 Å². The highest BCUT2D eigenvalue weighted by atomic mass is 16.7. The monoisotopic (exact) mass is 1110 g/mol. The quantitative estimate of drug-likeness (QED) is 0.0228. The summed E-state index contributed by atoms with van der Waals surface area (Å²) < 4.78 is 28.5. The summed E-state index contributed by atoms with van der Waals surface area (Å²) in [5, 5.41) is 31.6. The van der Waals surface area contributed by atoms with E-state index in [4.69, 9.17) is 23.7 Å². The van der Waals surface area contributed by atoms with Crippen molar-refractivity contribution in [1.82, 2.24) is 0 Å². The van der Waals surface area contributed by atoms with Gasteiger partial charge >= 0.3 is 23.9 Å². The summed E-state index contributed by atoms with van der Waals surface area (Å²) in [4.78, 5) is 51.3. The molecule has 0 spiro atoms. The number of carboxylic acid groups (broad SMARTS) is 1. The largest absolute Gasteiger partial charge is 0.479 e. The minimum Gasteiger partial charge on any atom is -0.479 e. The smallest absolute Gasteiger partial charge is 0.335 e. The lowest BCUT2D eigenvalue weighted by Crippen LogP contribution is -2.61. The van der Waals surface area contributed by atoms with E-state index >= 15 is 0 Å². The second-order valence-electron chi connectivity index (χ2n) is 22.0. The van der Waals surface area contributed by atoms with Gasteiger partial charge in [-0.1, -0.05) is 229 Å². The van der Waals surface area contributed by atoms with Gasteiger partial charge in [0.1, 0.15) is 18.8 Å². The first-order valence-corrected chi connectivity index (χ1v) is 32.3. The fraction of sp³-hybridized carbons (Fsp3) is 0.791. The molecule has 0 bridgehead atoms. The average Bonchev–Trinajstić information content (AvgIpc) is 3.43. The van der Waals surface area contributed by atoms with Crippen LogP contribution in [0.4, 0.5) is 0 Å². The van der Waals surface area contributed by atoms with E-state index in [9.17, 15) is 34.5 Å². The Kier molecular flexibility index (Phi) is 51.1. The molecule has 0 aromatic heterocycles. The van der Waals surface area contributed by atoms with Crippen molar-refractivity contribution in [3.05, 3.63) is 60.8 Å². The fourth-order valence-corrected chi connectivity index (χ4v) is 9.55. The van der Waals surface area contributed by atoms with Gasteiger partial charge in [0.25, 0.3) is 0 Å². The predicted octanol–water partition coefficient (Wildman–Crippen LogP) is 17.1. The molecule has 1 heterocycles. The molecule has 1 saturated heterocycles. The molecule has 1 aliphatic heterocycles. The second kappa shape index (κ2) is 55.0. The number of allylic oxidation sites excluding steroid dienone is 10. The molecule has 0 amide bonds. The molecule has 12 heteroatoms. The number of carboxylic acids is 1. The molecule has 0 aliphatic carbocycles. The lowest BCUT2D eigenvalue weighted by molar-refractivity contribution is -0.301. The second-order valence-corrected chi connectivity index (χ2v) is 22.0. The van der Waals surface area contributed by atoms with Crippen LogP contribution in [0, 0.1) is 0 Å². The zero-order chi connectivity index (χ0) is 57.5. The van der Waals surface area contributed by atoms with E-state index in [2.05, 4.69) is 81.5 Å². The number of ether oxygens (including phenoxy) is 5. The Morgan fingerprint density at radius 1 is 0.418 bits per heavy atom. The normalized spacial score (nSPS) is 18.2. The molecule has 79 heavy (non-hydrogen) atoms. The third-order valence-electron chi connectivity index (χ3n) is 14.5. The summed E-state index contributed by atoms with van der Waals surface area (Å²) in [6, 6.07) is 0. The van der Waals surface area contributed by atoms with Gasteiger partial charge in [-0.3, -0.25) is 14.4 Å². The highest BCUT2D eigenvalue weighted by molar-refractivity contribution is 5.74. The minimum absolute atomic E-state index is 0.0561. The maximum absolute atomic E-state index is 13.2. The van der Waals surface area contributed by atoms with Crippen molar-refractivity contribution in [2.75, 3.05) is 13.2 Å². The standard InChI is InChI=1S/C67H116O12/c1-4-7-10-13-16-19-22-25-27-29-30-32-34-37-40-43-46-49-52-55-61(70)78-65-63(72)62(71)64(66(73)74)79-67(65)76-57-58(77-60(69)54-51-48-45-42-39-35-24-21-18-15-12-9-6-3)56-75-59(68)53-50-47-44-41-38-36-33-31-28-26-23-20-17-14-11-8-5-2/h12,15,17,20-21,24-28,58,62-65,67,71-72H,4-11,13-14,16,18-19,22-23,29-57H2,1-3H3,(H,73,74)/b15-12-,20-17-,24-21-,27-25-,28-26-. The minimum atomic E-state index is -1.91. The Balaban J connectivity index is 2.65. The molecule has 3 N–H and O–H groups in total. The molecule has 0 aromatic rings. The van der Waals surface area contributed by atoms with Gasteiger partial charge in [0.05, 0.1) is 6.61 Å². The molecule has 1 rings (SSSR count). The SMILES string of the molecule is CCC/C=C\C/C=C\CCCCCCCC(=O)OC(COC(=O)CCCCCCCCC/C=C\C/C=C\CCCCC)COC1OC(C(=O)O)C(O)C(O)C1OC(=O)CCCCCCCCCCC/C=C\CCCCCCCC. The molecule has 6 unspecified atom stereocenters. The van der Waals surface area contributed by atoms with Gasteiger partial charge < -0.3 is 39.0 Å². The van der Waals surface area contributed by atoms with Crippen molar-refractivity contribution in [2.24, 2.45) is 0 Å². The van der Waals surface area contributed by atoms with Crippen molar-refractivity contribution in [3.63, 3.8) is 0 Å². The summed E-state index contributed by atoms with van der Waals surface area (Å²) in [6.07, 6.45) is 56.1. The van der Waals surface area contributed by atoms with Crippen LogP contribution in [-0.2, 0) is 42.9 Å². The van der Waals surface area contributed by atoms with Crippen LogP contribution in [0.3, 0.4) is 0 Å². The Morgan fingerprint density at radius 2 is 0.785 bits per heavy atom. The molecule has 1 fully saturated rings. The summed E-state index contributed by atoms with van der Waals surface area (Å²) in [7, 11) is 0. The van der Waals surface area contributed by atoms with Gasteiger partial charge in [-0.2, -0.15) is 0 Å². The van der Waals surface area contributed by atoms with Crippen LogP contribution in [0.5, 0.6) is 0 Å². The van der Waals surface area contributed by atoms with Crippen LogP contribution in [0.2, 0.25) is 0 Å². The Labute approximate surface area is 481 Å². The number of aliphatic hydroxyl groups excluding tert-OH is 2. The Hall–Kier alpha value is -3.58. The van der Waals surface area contributed by atoms with Gasteiger partial charge in [0.15, 0.2) is 24.6 Å². The highest BCUT2D eigenvalue weighted by Crippen LogP contribution is 2.27. The van der Waals surface area contributed by atoms with E-state index in [0.717, 1.165) is 122 Å². The zero-order valence-corrected chi connectivity index (χ0v) is 50.4. The van der Waals surface area contributed by atoms with Gasteiger partial charge in [-0.15, -0.1) is 0 Å². The van der Waals surface area contributed by atoms with Gasteiger partial charge in [-0.25, -0.2) is 4.79 Å². The van der Waals surface area contributed by atoms with Crippen LogP contribution < -0.4 is 0 Å². The third-order valence-corrected chi connectivity index (χ3v) is 14.5. The molecule has 12 nitrogen and oxygen atoms in total. The average molecular weight is 1110 g/mol. The number of hydrogen-bond donors (Lipinski definition) is 3. The van der Waals surface area contributed by atoms with E-state index in [1.807, 2.05) is 0 Å². The molecule has 456 valence electrons. The van der Waals surface area contributed by atoms with Crippen molar-refractivity contribution in [2.45, 2.75) is 327 Å². The maximum atomic E-state index is 13.2. The first kappa shape index (κ1) is 73.4. The van der Waals surface area contributed by atoms with Gasteiger partial charge in [-0.05, 0) is 103 Å². The summed E-state index contributed by atoms with van der Waals surface area (Å²) in [6.45, 7) is 5.91. The molecule has 0 aromatic carbocycles. The molecule has 6 atom stereocenters. The van der Waals surface area contributed by atoms with Gasteiger partial charge in [0, 0.05) is 19.3 Å². The first-order valence-electron chi connectivity index (χ1n) is 32.3. The highest BCUT2D eigenvalue weighted by Gasteiger charge is 2.50. The van der Waals surface area contributed by atoms with Crippen LogP contribution in [-0.4, -0.2) is 89.2 Å². The fourth-order valence-electron chi connectivity index (χ4n) is 9.55. The number of rotatable bonds is 55. The van der Waals surface area contributed by atoms with Crippen LogP contribution in [0.15, 0.2) is 60.8 Å².